The number of methoxy groups -OCH3 is 1. The molecule has 0 unspecified atom stereocenters. The molecule has 0 amide bonds. The molecule has 0 bridgehead atoms. The fourth-order valence-corrected chi connectivity index (χ4v) is 2.68. The molecule has 4 heteroatoms. The molecule has 0 aromatic carbocycles. The highest BCUT2D eigenvalue weighted by Gasteiger charge is 2.33. The van der Waals surface area contributed by atoms with Gasteiger partial charge in [-0.2, -0.15) is 0 Å². The van der Waals surface area contributed by atoms with Gasteiger partial charge in [-0.15, -0.1) is 0 Å². The molecule has 108 valence electrons. The summed E-state index contributed by atoms with van der Waals surface area (Å²) in [6.07, 6.45) is 3.50. The molecule has 1 heterocycles. The van der Waals surface area contributed by atoms with Crippen LogP contribution in [-0.4, -0.2) is 75.9 Å². The first-order chi connectivity index (χ1) is 8.62. The van der Waals surface area contributed by atoms with Gasteiger partial charge in [0.1, 0.15) is 0 Å². The van der Waals surface area contributed by atoms with Crippen LogP contribution in [0, 0.1) is 0 Å². The minimum absolute atomic E-state index is 0.0827. The average molecular weight is 257 g/mol. The minimum Gasteiger partial charge on any atom is -0.377 e. The van der Waals surface area contributed by atoms with Gasteiger partial charge in [-0.05, 0) is 66.1 Å². The van der Waals surface area contributed by atoms with Gasteiger partial charge in [0.05, 0.1) is 5.60 Å². The van der Waals surface area contributed by atoms with Crippen LogP contribution in [-0.2, 0) is 4.74 Å². The zero-order valence-corrected chi connectivity index (χ0v) is 12.7. The molecule has 0 spiro atoms. The molecule has 18 heavy (non-hydrogen) atoms. The predicted molar refractivity (Wildman–Crippen MR) is 77.1 cm³/mol. The lowest BCUT2D eigenvalue weighted by molar-refractivity contribution is -0.0566. The molecule has 0 aliphatic carbocycles. The van der Waals surface area contributed by atoms with Crippen LogP contribution >= 0.6 is 0 Å². The van der Waals surface area contributed by atoms with Crippen molar-refractivity contribution >= 4 is 0 Å². The Morgan fingerprint density at radius 3 is 2.33 bits per heavy atom. The van der Waals surface area contributed by atoms with Crippen LogP contribution in [0.5, 0.6) is 0 Å². The lowest BCUT2D eigenvalue weighted by Crippen LogP contribution is -2.51. The van der Waals surface area contributed by atoms with Gasteiger partial charge in [0, 0.05) is 13.7 Å². The SMILES string of the molecule is CCN(CCCN(C)C)CC1(OC)CCNCC1. The van der Waals surface area contributed by atoms with Crippen molar-refractivity contribution in [3.63, 3.8) is 0 Å². The second-order valence-electron chi connectivity index (χ2n) is 5.66. The molecule has 0 saturated carbocycles. The Kier molecular flexibility index (Phi) is 7.15. The summed E-state index contributed by atoms with van der Waals surface area (Å²) in [6, 6.07) is 0. The number of hydrogen-bond acceptors (Lipinski definition) is 4. The standard InChI is InChI=1S/C14H31N3O/c1-5-17(12-6-11-16(2)3)13-14(18-4)7-9-15-10-8-14/h15H,5-13H2,1-4H3. The number of ether oxygens (including phenoxy) is 1. The van der Waals surface area contributed by atoms with E-state index in [0.29, 0.717) is 0 Å². The first kappa shape index (κ1) is 15.9. The van der Waals surface area contributed by atoms with Crippen molar-refractivity contribution < 1.29 is 4.74 Å². The maximum atomic E-state index is 5.85. The van der Waals surface area contributed by atoms with Crippen LogP contribution < -0.4 is 5.32 Å². The summed E-state index contributed by atoms with van der Waals surface area (Å²) in [7, 11) is 6.15. The Hall–Kier alpha value is -0.160. The van der Waals surface area contributed by atoms with Crippen molar-refractivity contribution in [3.05, 3.63) is 0 Å². The Labute approximate surface area is 113 Å². The largest absolute Gasteiger partial charge is 0.377 e. The molecule has 1 aliphatic heterocycles. The first-order valence-electron chi connectivity index (χ1n) is 7.25. The van der Waals surface area contributed by atoms with Crippen LogP contribution in [0.25, 0.3) is 0 Å². The Balaban J connectivity index is 2.39. The highest BCUT2D eigenvalue weighted by atomic mass is 16.5. The van der Waals surface area contributed by atoms with Crippen LogP contribution in [0.4, 0.5) is 0 Å². The van der Waals surface area contributed by atoms with E-state index in [1.54, 1.807) is 0 Å². The van der Waals surface area contributed by atoms with E-state index in [-0.39, 0.29) is 5.60 Å². The van der Waals surface area contributed by atoms with Gasteiger partial charge in [-0.25, -0.2) is 0 Å². The second kappa shape index (κ2) is 8.10. The maximum Gasteiger partial charge on any atom is 0.0829 e. The Morgan fingerprint density at radius 2 is 1.83 bits per heavy atom. The summed E-state index contributed by atoms with van der Waals surface area (Å²) < 4.78 is 5.85. The molecule has 4 nitrogen and oxygen atoms in total. The summed E-state index contributed by atoms with van der Waals surface area (Å²) in [6.45, 7) is 8.96. The number of rotatable bonds is 8. The Bertz CT molecular complexity index is 215. The molecule has 0 aromatic rings. The molecule has 0 radical (unpaired) electrons. The fraction of sp³-hybridized carbons (Fsp3) is 1.00. The summed E-state index contributed by atoms with van der Waals surface area (Å²) in [5, 5.41) is 3.42. The first-order valence-corrected chi connectivity index (χ1v) is 7.25. The van der Waals surface area contributed by atoms with Crippen LogP contribution in [0.1, 0.15) is 26.2 Å². The van der Waals surface area contributed by atoms with E-state index in [1.807, 2.05) is 7.11 Å². The van der Waals surface area contributed by atoms with Gasteiger partial charge in [0.25, 0.3) is 0 Å². The van der Waals surface area contributed by atoms with Crippen molar-refractivity contribution in [2.24, 2.45) is 0 Å². The monoisotopic (exact) mass is 257 g/mol. The lowest BCUT2D eigenvalue weighted by atomic mass is 9.91. The summed E-state index contributed by atoms with van der Waals surface area (Å²) in [5.74, 6) is 0. The van der Waals surface area contributed by atoms with Gasteiger partial charge in [-0.1, -0.05) is 6.92 Å². The van der Waals surface area contributed by atoms with E-state index in [2.05, 4.69) is 36.1 Å². The third-order valence-electron chi connectivity index (χ3n) is 3.99. The number of piperidine rings is 1. The molecular weight excluding hydrogens is 226 g/mol. The molecule has 1 rings (SSSR count). The zero-order chi connectivity index (χ0) is 13.4. The van der Waals surface area contributed by atoms with E-state index in [9.17, 15) is 0 Å². The molecule has 0 aromatic heterocycles. The minimum atomic E-state index is 0.0827. The third kappa shape index (κ3) is 5.22. The topological polar surface area (TPSA) is 27.7 Å². The number of nitrogens with zero attached hydrogens (tertiary/aromatic N) is 2. The number of nitrogens with one attached hydrogen (secondary N) is 1. The van der Waals surface area contributed by atoms with Gasteiger partial charge < -0.3 is 19.9 Å². The summed E-state index contributed by atoms with van der Waals surface area (Å²) in [4.78, 5) is 4.79. The van der Waals surface area contributed by atoms with E-state index in [4.69, 9.17) is 4.74 Å². The maximum absolute atomic E-state index is 5.85. The average Bonchev–Trinajstić information content (AvgIpc) is 2.38. The highest BCUT2D eigenvalue weighted by Crippen LogP contribution is 2.23. The van der Waals surface area contributed by atoms with Gasteiger partial charge in [-0.3, -0.25) is 0 Å². The van der Waals surface area contributed by atoms with Gasteiger partial charge in [0.15, 0.2) is 0 Å². The molecular formula is C14H31N3O. The summed E-state index contributed by atoms with van der Waals surface area (Å²) in [5.41, 5.74) is 0.0827. The van der Waals surface area contributed by atoms with Crippen LogP contribution in [0.2, 0.25) is 0 Å². The predicted octanol–water partition coefficient (Wildman–Crippen LogP) is 1.03. The zero-order valence-electron chi connectivity index (χ0n) is 12.7. The molecule has 1 fully saturated rings. The van der Waals surface area contributed by atoms with E-state index in [1.165, 1.54) is 13.0 Å². The van der Waals surface area contributed by atoms with Gasteiger partial charge in [0.2, 0.25) is 0 Å². The van der Waals surface area contributed by atoms with Crippen molar-refractivity contribution in [1.82, 2.24) is 15.1 Å². The van der Waals surface area contributed by atoms with Crippen molar-refractivity contribution in [1.29, 1.82) is 0 Å². The van der Waals surface area contributed by atoms with E-state index in [0.717, 1.165) is 45.6 Å². The van der Waals surface area contributed by atoms with Crippen LogP contribution in [0.3, 0.4) is 0 Å². The lowest BCUT2D eigenvalue weighted by Gasteiger charge is -2.40. The normalized spacial score (nSPS) is 19.7. The van der Waals surface area contributed by atoms with Gasteiger partial charge >= 0.3 is 0 Å². The van der Waals surface area contributed by atoms with Crippen molar-refractivity contribution in [2.45, 2.75) is 31.8 Å². The van der Waals surface area contributed by atoms with Crippen molar-refractivity contribution in [3.8, 4) is 0 Å². The number of likely N-dealkylation sites (N-methyl/N-ethyl adjacent to an activating group) is 1. The fourth-order valence-electron chi connectivity index (χ4n) is 2.68. The van der Waals surface area contributed by atoms with Crippen LogP contribution in [0.15, 0.2) is 0 Å². The van der Waals surface area contributed by atoms with Crippen molar-refractivity contribution in [2.75, 3.05) is 60.5 Å². The molecule has 0 atom stereocenters. The molecule has 1 aliphatic rings. The smallest absolute Gasteiger partial charge is 0.0829 e. The molecule has 1 N–H and O–H groups in total. The quantitative estimate of drug-likeness (QED) is 0.703. The second-order valence-corrected chi connectivity index (χ2v) is 5.66. The summed E-state index contributed by atoms with van der Waals surface area (Å²) >= 11 is 0. The highest BCUT2D eigenvalue weighted by molar-refractivity contribution is 4.89. The third-order valence-corrected chi connectivity index (χ3v) is 3.99. The van der Waals surface area contributed by atoms with E-state index >= 15 is 0 Å². The molecule has 1 saturated heterocycles. The number of hydrogen-bond donors (Lipinski definition) is 1. The van der Waals surface area contributed by atoms with E-state index < -0.39 is 0 Å². The Morgan fingerprint density at radius 1 is 1.17 bits per heavy atom.